The second kappa shape index (κ2) is 4.54. The van der Waals surface area contributed by atoms with E-state index in [0.29, 0.717) is 17.4 Å². The Morgan fingerprint density at radius 2 is 2.41 bits per heavy atom. The maximum Gasteiger partial charge on any atom is 0.378 e. The van der Waals surface area contributed by atoms with Crippen LogP contribution in [0.1, 0.15) is 23.1 Å². The van der Waals surface area contributed by atoms with Crippen LogP contribution in [-0.4, -0.2) is 27.8 Å². The highest BCUT2D eigenvalue weighted by Gasteiger charge is 2.16. The maximum atomic E-state index is 11.4. The Morgan fingerprint density at radius 1 is 1.65 bits per heavy atom. The number of nitrogens with two attached hydrogens (primary N) is 1. The molecule has 0 spiro atoms. The van der Waals surface area contributed by atoms with Gasteiger partial charge in [0.05, 0.1) is 16.5 Å². The fourth-order valence-electron chi connectivity index (χ4n) is 1.39. The molecule has 17 heavy (non-hydrogen) atoms. The van der Waals surface area contributed by atoms with Gasteiger partial charge in [0.15, 0.2) is 5.82 Å². The first-order chi connectivity index (χ1) is 8.11. The third-order valence-electron chi connectivity index (χ3n) is 2.10. The van der Waals surface area contributed by atoms with Crippen LogP contribution in [-0.2, 0) is 4.74 Å². The number of ether oxygens (including phenoxy) is 1. The number of hydrogen-bond donors (Lipinski definition) is 2. The summed E-state index contributed by atoms with van der Waals surface area (Å²) in [4.78, 5) is 16.4. The summed E-state index contributed by atoms with van der Waals surface area (Å²) >= 11 is 1.40. The van der Waals surface area contributed by atoms with Crippen LogP contribution in [0.4, 0.5) is 5.00 Å². The highest BCUT2D eigenvalue weighted by atomic mass is 32.1. The van der Waals surface area contributed by atoms with Crippen LogP contribution in [0.3, 0.4) is 0 Å². The number of nitrogen functional groups attached to an aromatic ring is 1. The largest absolute Gasteiger partial charge is 0.460 e. The zero-order chi connectivity index (χ0) is 12.4. The van der Waals surface area contributed by atoms with E-state index in [4.69, 9.17) is 10.5 Å². The number of carbonyl (C=O) groups excluding carboxylic acids is 1. The Hall–Kier alpha value is -1.89. The lowest BCUT2D eigenvalue weighted by molar-refractivity contribution is 0.0512. The summed E-state index contributed by atoms with van der Waals surface area (Å²) < 4.78 is 4.81. The van der Waals surface area contributed by atoms with Gasteiger partial charge in [0.2, 0.25) is 0 Å². The molecular formula is C10H12N4O2S. The zero-order valence-corrected chi connectivity index (χ0v) is 10.3. The second-order valence-electron chi connectivity index (χ2n) is 3.39. The fourth-order valence-corrected chi connectivity index (χ4v) is 2.27. The van der Waals surface area contributed by atoms with E-state index in [0.717, 1.165) is 10.4 Å². The maximum absolute atomic E-state index is 11.4. The summed E-state index contributed by atoms with van der Waals surface area (Å²) in [6.45, 7) is 3.96. The Kier molecular flexibility index (Phi) is 3.10. The smallest absolute Gasteiger partial charge is 0.378 e. The number of H-pyrrole nitrogens is 1. The van der Waals surface area contributed by atoms with E-state index in [1.54, 1.807) is 6.92 Å². The number of nitrogens with one attached hydrogen (secondary N) is 1. The van der Waals surface area contributed by atoms with Gasteiger partial charge in [0.1, 0.15) is 0 Å². The number of hydrogen-bond acceptors (Lipinski definition) is 6. The van der Waals surface area contributed by atoms with E-state index in [1.165, 1.54) is 11.3 Å². The van der Waals surface area contributed by atoms with Gasteiger partial charge in [-0.25, -0.2) is 9.78 Å². The summed E-state index contributed by atoms with van der Waals surface area (Å²) in [6.07, 6.45) is 0. The molecule has 0 aliphatic rings. The van der Waals surface area contributed by atoms with Gasteiger partial charge in [-0.1, -0.05) is 0 Å². The van der Waals surface area contributed by atoms with E-state index >= 15 is 0 Å². The van der Waals surface area contributed by atoms with Crippen molar-refractivity contribution in [1.82, 2.24) is 15.2 Å². The van der Waals surface area contributed by atoms with Crippen molar-refractivity contribution >= 4 is 22.3 Å². The lowest BCUT2D eigenvalue weighted by Gasteiger charge is -1.94. The number of aryl methyl sites for hydroxylation is 1. The third-order valence-corrected chi connectivity index (χ3v) is 3.17. The van der Waals surface area contributed by atoms with Crippen LogP contribution in [0.15, 0.2) is 6.07 Å². The standard InChI is InChI=1S/C10H12N4O2S/c1-3-16-10(15)9-12-8(13-14-9)7-5(2)4-6(11)17-7/h4H,3,11H2,1-2H3,(H,12,13,14). The Balaban J connectivity index is 2.30. The monoisotopic (exact) mass is 252 g/mol. The number of aromatic nitrogens is 3. The van der Waals surface area contributed by atoms with Crippen molar-refractivity contribution in [2.45, 2.75) is 13.8 Å². The summed E-state index contributed by atoms with van der Waals surface area (Å²) in [5.41, 5.74) is 6.70. The number of anilines is 1. The van der Waals surface area contributed by atoms with Crippen LogP contribution >= 0.6 is 11.3 Å². The number of nitrogens with zero attached hydrogens (tertiary/aromatic N) is 2. The van der Waals surface area contributed by atoms with Gasteiger partial charge in [-0.05, 0) is 25.5 Å². The van der Waals surface area contributed by atoms with Crippen molar-refractivity contribution in [3.05, 3.63) is 17.5 Å². The molecule has 0 aliphatic carbocycles. The molecule has 0 fully saturated rings. The molecule has 6 nitrogen and oxygen atoms in total. The molecule has 0 saturated carbocycles. The second-order valence-corrected chi connectivity index (χ2v) is 4.47. The van der Waals surface area contributed by atoms with E-state index in [2.05, 4.69) is 15.2 Å². The number of rotatable bonds is 3. The van der Waals surface area contributed by atoms with Gasteiger partial charge < -0.3 is 10.5 Å². The van der Waals surface area contributed by atoms with Gasteiger partial charge in [0.25, 0.3) is 5.82 Å². The van der Waals surface area contributed by atoms with Gasteiger partial charge in [-0.3, -0.25) is 5.10 Å². The molecule has 0 saturated heterocycles. The highest BCUT2D eigenvalue weighted by molar-refractivity contribution is 7.19. The molecule has 0 atom stereocenters. The number of aromatic amines is 1. The zero-order valence-electron chi connectivity index (χ0n) is 9.48. The van der Waals surface area contributed by atoms with Crippen molar-refractivity contribution in [3.8, 4) is 10.7 Å². The summed E-state index contributed by atoms with van der Waals surface area (Å²) in [5.74, 6) is 0.0395. The van der Waals surface area contributed by atoms with Crippen molar-refractivity contribution in [2.75, 3.05) is 12.3 Å². The predicted molar refractivity (Wildman–Crippen MR) is 64.8 cm³/mol. The summed E-state index contributed by atoms with van der Waals surface area (Å²) in [6, 6.07) is 1.85. The minimum Gasteiger partial charge on any atom is -0.460 e. The molecule has 2 rings (SSSR count). The van der Waals surface area contributed by atoms with E-state index < -0.39 is 5.97 Å². The van der Waals surface area contributed by atoms with E-state index in [9.17, 15) is 4.79 Å². The molecule has 0 aliphatic heterocycles. The van der Waals surface area contributed by atoms with Gasteiger partial charge in [-0.2, -0.15) is 0 Å². The van der Waals surface area contributed by atoms with Crippen molar-refractivity contribution in [2.24, 2.45) is 0 Å². The molecule has 90 valence electrons. The summed E-state index contributed by atoms with van der Waals surface area (Å²) in [5, 5.41) is 7.23. The third kappa shape index (κ3) is 2.28. The number of esters is 1. The molecule has 0 unspecified atom stereocenters. The van der Waals surface area contributed by atoms with Crippen LogP contribution in [0.2, 0.25) is 0 Å². The quantitative estimate of drug-likeness (QED) is 0.809. The van der Waals surface area contributed by atoms with Crippen LogP contribution in [0, 0.1) is 6.92 Å². The van der Waals surface area contributed by atoms with Crippen molar-refractivity contribution in [3.63, 3.8) is 0 Å². The van der Waals surface area contributed by atoms with E-state index in [-0.39, 0.29) is 5.82 Å². The molecule has 2 aromatic rings. The van der Waals surface area contributed by atoms with Crippen molar-refractivity contribution in [1.29, 1.82) is 0 Å². The Morgan fingerprint density at radius 3 is 3.00 bits per heavy atom. The fraction of sp³-hybridized carbons (Fsp3) is 0.300. The minimum atomic E-state index is -0.530. The van der Waals surface area contributed by atoms with Gasteiger partial charge >= 0.3 is 5.97 Å². The predicted octanol–water partition coefficient (Wildman–Crippen LogP) is 1.60. The first-order valence-electron chi connectivity index (χ1n) is 5.07. The first kappa shape index (κ1) is 11.6. The van der Waals surface area contributed by atoms with Crippen LogP contribution < -0.4 is 5.73 Å². The molecule has 0 radical (unpaired) electrons. The Labute approximate surface area is 102 Å². The average Bonchev–Trinajstić information content (AvgIpc) is 2.85. The topological polar surface area (TPSA) is 93.9 Å². The van der Waals surface area contributed by atoms with Crippen LogP contribution in [0.25, 0.3) is 10.7 Å². The molecular weight excluding hydrogens is 240 g/mol. The molecule has 0 amide bonds. The van der Waals surface area contributed by atoms with Gasteiger partial charge in [0, 0.05) is 0 Å². The lowest BCUT2D eigenvalue weighted by Crippen LogP contribution is -2.06. The average molecular weight is 252 g/mol. The van der Waals surface area contributed by atoms with Gasteiger partial charge in [-0.15, -0.1) is 16.4 Å². The SMILES string of the molecule is CCOC(=O)c1n[nH]c(-c2sc(N)cc2C)n1. The number of carbonyl (C=O) groups is 1. The van der Waals surface area contributed by atoms with E-state index in [1.807, 2.05) is 13.0 Å². The lowest BCUT2D eigenvalue weighted by atomic mass is 10.3. The Bertz CT molecular complexity index is 546. The van der Waals surface area contributed by atoms with Crippen molar-refractivity contribution < 1.29 is 9.53 Å². The molecule has 0 bridgehead atoms. The first-order valence-corrected chi connectivity index (χ1v) is 5.89. The highest BCUT2D eigenvalue weighted by Crippen LogP contribution is 2.31. The molecule has 7 heteroatoms. The molecule has 2 heterocycles. The normalized spacial score (nSPS) is 10.5. The minimum absolute atomic E-state index is 0.0354. The summed E-state index contributed by atoms with van der Waals surface area (Å²) in [7, 11) is 0. The molecule has 3 N–H and O–H groups in total. The molecule has 2 aromatic heterocycles. The number of thiophene rings is 1. The van der Waals surface area contributed by atoms with Crippen LogP contribution in [0.5, 0.6) is 0 Å². The molecule has 0 aromatic carbocycles.